The highest BCUT2D eigenvalue weighted by Gasteiger charge is 2.25. The molecule has 1 fully saturated rings. The molecule has 1 aliphatic rings. The molecule has 1 aliphatic carbocycles. The molecule has 1 rings (SSSR count). The van der Waals surface area contributed by atoms with Gasteiger partial charge in [-0.15, -0.1) is 0 Å². The first-order valence-corrected chi connectivity index (χ1v) is 4.03. The molecule has 1 nitrogen and oxygen atoms in total. The fourth-order valence-electron chi connectivity index (χ4n) is 1.43. The number of rotatable bonds is 0. The maximum atomic E-state index is 9.72. The summed E-state index contributed by atoms with van der Waals surface area (Å²) in [6.07, 6.45) is 5.50. The Bertz CT molecular complexity index is 136. The zero-order valence-electron chi connectivity index (χ0n) is 6.69. The quantitative estimate of drug-likeness (QED) is 0.404. The SMILES string of the molecule is C=C1CCCCCC1(C)O. The van der Waals surface area contributed by atoms with Crippen LogP contribution in [0, 0.1) is 0 Å². The minimum atomic E-state index is -0.573. The summed E-state index contributed by atoms with van der Waals surface area (Å²) in [6, 6.07) is 0. The summed E-state index contributed by atoms with van der Waals surface area (Å²) in [7, 11) is 0. The van der Waals surface area contributed by atoms with Gasteiger partial charge in [0.1, 0.15) is 0 Å². The van der Waals surface area contributed by atoms with Crippen molar-refractivity contribution in [2.45, 2.75) is 44.6 Å². The Kier molecular flexibility index (Phi) is 2.14. The van der Waals surface area contributed by atoms with Gasteiger partial charge in [-0.05, 0) is 31.8 Å². The Morgan fingerprint density at radius 2 is 2.10 bits per heavy atom. The molecule has 0 aromatic carbocycles. The normalized spacial score (nSPS) is 35.6. The Hall–Kier alpha value is -0.300. The lowest BCUT2D eigenvalue weighted by molar-refractivity contribution is 0.0885. The van der Waals surface area contributed by atoms with Crippen LogP contribution in [0.25, 0.3) is 0 Å². The van der Waals surface area contributed by atoms with Gasteiger partial charge in [0.2, 0.25) is 0 Å². The first-order chi connectivity index (χ1) is 4.63. The first-order valence-electron chi connectivity index (χ1n) is 4.03. The minimum Gasteiger partial charge on any atom is -0.386 e. The van der Waals surface area contributed by atoms with Crippen molar-refractivity contribution in [3.05, 3.63) is 12.2 Å². The van der Waals surface area contributed by atoms with Crippen molar-refractivity contribution in [2.24, 2.45) is 0 Å². The van der Waals surface area contributed by atoms with Gasteiger partial charge in [-0.25, -0.2) is 0 Å². The van der Waals surface area contributed by atoms with E-state index in [4.69, 9.17) is 0 Å². The van der Waals surface area contributed by atoms with Gasteiger partial charge in [-0.1, -0.05) is 19.4 Å². The fourth-order valence-corrected chi connectivity index (χ4v) is 1.43. The van der Waals surface area contributed by atoms with Crippen LogP contribution in [0.15, 0.2) is 12.2 Å². The summed E-state index contributed by atoms with van der Waals surface area (Å²) in [5.74, 6) is 0. The average molecular weight is 140 g/mol. The first kappa shape index (κ1) is 7.80. The van der Waals surface area contributed by atoms with E-state index in [1.807, 2.05) is 6.92 Å². The fraction of sp³-hybridized carbons (Fsp3) is 0.778. The zero-order chi connectivity index (χ0) is 7.61. The van der Waals surface area contributed by atoms with E-state index in [0.29, 0.717) is 0 Å². The Morgan fingerprint density at radius 1 is 1.40 bits per heavy atom. The summed E-state index contributed by atoms with van der Waals surface area (Å²) < 4.78 is 0. The molecule has 10 heavy (non-hydrogen) atoms. The topological polar surface area (TPSA) is 20.2 Å². The maximum Gasteiger partial charge on any atom is 0.0826 e. The van der Waals surface area contributed by atoms with E-state index in [1.165, 1.54) is 12.8 Å². The lowest BCUT2D eigenvalue weighted by Crippen LogP contribution is -2.24. The van der Waals surface area contributed by atoms with E-state index in [-0.39, 0.29) is 0 Å². The predicted molar refractivity (Wildman–Crippen MR) is 42.8 cm³/mol. The van der Waals surface area contributed by atoms with Gasteiger partial charge in [-0.3, -0.25) is 0 Å². The lowest BCUT2D eigenvalue weighted by atomic mass is 9.93. The second-order valence-corrected chi connectivity index (χ2v) is 3.44. The molecule has 0 aromatic heterocycles. The van der Waals surface area contributed by atoms with Gasteiger partial charge >= 0.3 is 0 Å². The van der Waals surface area contributed by atoms with Gasteiger partial charge in [0.05, 0.1) is 5.60 Å². The van der Waals surface area contributed by atoms with Crippen LogP contribution in [0.1, 0.15) is 39.0 Å². The monoisotopic (exact) mass is 140 g/mol. The summed E-state index contributed by atoms with van der Waals surface area (Å²) in [5.41, 5.74) is 0.446. The standard InChI is InChI=1S/C9H16O/c1-8-6-4-3-5-7-9(8,2)10/h10H,1,3-7H2,2H3. The van der Waals surface area contributed by atoms with Gasteiger partial charge in [0.15, 0.2) is 0 Å². The zero-order valence-corrected chi connectivity index (χ0v) is 6.69. The molecular weight excluding hydrogens is 124 g/mol. The van der Waals surface area contributed by atoms with Crippen molar-refractivity contribution in [3.8, 4) is 0 Å². The molecule has 1 atom stereocenters. The second-order valence-electron chi connectivity index (χ2n) is 3.44. The Labute approximate surface area is 62.8 Å². The summed E-state index contributed by atoms with van der Waals surface area (Å²) in [6.45, 7) is 5.75. The van der Waals surface area contributed by atoms with Gasteiger partial charge in [-0.2, -0.15) is 0 Å². The summed E-state index contributed by atoms with van der Waals surface area (Å²) in [5, 5.41) is 9.72. The molecule has 1 saturated carbocycles. The van der Waals surface area contributed by atoms with Crippen molar-refractivity contribution in [1.29, 1.82) is 0 Å². The van der Waals surface area contributed by atoms with E-state index in [2.05, 4.69) is 6.58 Å². The van der Waals surface area contributed by atoms with Crippen molar-refractivity contribution in [3.63, 3.8) is 0 Å². The summed E-state index contributed by atoms with van der Waals surface area (Å²) >= 11 is 0. The van der Waals surface area contributed by atoms with E-state index >= 15 is 0 Å². The third-order valence-corrected chi connectivity index (χ3v) is 2.40. The lowest BCUT2D eigenvalue weighted by Gasteiger charge is -2.22. The molecule has 0 aromatic rings. The van der Waals surface area contributed by atoms with Crippen LogP contribution in [0.2, 0.25) is 0 Å². The molecule has 0 aliphatic heterocycles. The number of hydrogen-bond donors (Lipinski definition) is 1. The van der Waals surface area contributed by atoms with Crippen LogP contribution in [-0.2, 0) is 0 Å². The minimum absolute atomic E-state index is 0.573. The number of aliphatic hydroxyl groups is 1. The van der Waals surface area contributed by atoms with E-state index < -0.39 is 5.60 Å². The average Bonchev–Trinajstić information content (AvgIpc) is 1.96. The van der Waals surface area contributed by atoms with Crippen LogP contribution in [-0.4, -0.2) is 10.7 Å². The maximum absolute atomic E-state index is 9.72. The number of hydrogen-bond acceptors (Lipinski definition) is 1. The molecule has 0 heterocycles. The van der Waals surface area contributed by atoms with E-state index in [0.717, 1.165) is 24.8 Å². The van der Waals surface area contributed by atoms with Crippen LogP contribution < -0.4 is 0 Å². The highest BCUT2D eigenvalue weighted by molar-refractivity contribution is 5.11. The Morgan fingerprint density at radius 3 is 2.80 bits per heavy atom. The smallest absolute Gasteiger partial charge is 0.0826 e. The van der Waals surface area contributed by atoms with Crippen LogP contribution in [0.3, 0.4) is 0 Å². The van der Waals surface area contributed by atoms with Gasteiger partial charge in [0, 0.05) is 0 Å². The van der Waals surface area contributed by atoms with E-state index in [1.54, 1.807) is 0 Å². The van der Waals surface area contributed by atoms with Gasteiger partial charge < -0.3 is 5.11 Å². The highest BCUT2D eigenvalue weighted by atomic mass is 16.3. The van der Waals surface area contributed by atoms with Crippen molar-refractivity contribution in [1.82, 2.24) is 0 Å². The van der Waals surface area contributed by atoms with Crippen LogP contribution in [0.5, 0.6) is 0 Å². The molecule has 1 heteroatoms. The van der Waals surface area contributed by atoms with Crippen LogP contribution >= 0.6 is 0 Å². The van der Waals surface area contributed by atoms with E-state index in [9.17, 15) is 5.11 Å². The molecule has 58 valence electrons. The second kappa shape index (κ2) is 2.75. The molecule has 0 spiro atoms. The molecule has 0 saturated heterocycles. The molecule has 0 bridgehead atoms. The molecule has 1 N–H and O–H groups in total. The Balaban J connectivity index is 2.61. The third kappa shape index (κ3) is 1.60. The largest absolute Gasteiger partial charge is 0.386 e. The van der Waals surface area contributed by atoms with Crippen molar-refractivity contribution < 1.29 is 5.11 Å². The molecule has 0 radical (unpaired) electrons. The predicted octanol–water partition coefficient (Wildman–Crippen LogP) is 2.26. The van der Waals surface area contributed by atoms with Crippen molar-refractivity contribution >= 4 is 0 Å². The molecule has 1 unspecified atom stereocenters. The molecule has 0 amide bonds. The van der Waals surface area contributed by atoms with Gasteiger partial charge in [0.25, 0.3) is 0 Å². The van der Waals surface area contributed by atoms with Crippen molar-refractivity contribution in [2.75, 3.05) is 0 Å². The summed E-state index contributed by atoms with van der Waals surface area (Å²) in [4.78, 5) is 0. The molecular formula is C9H16O. The van der Waals surface area contributed by atoms with Crippen LogP contribution in [0.4, 0.5) is 0 Å². The third-order valence-electron chi connectivity index (χ3n) is 2.40. The highest BCUT2D eigenvalue weighted by Crippen LogP contribution is 2.29.